The van der Waals surface area contributed by atoms with Gasteiger partial charge >= 0.3 is 12.1 Å². The number of fused-ring (bicyclic) bond motifs is 1. The molecule has 0 aliphatic carbocycles. The Kier molecular flexibility index (Phi) is 9.90. The molecular weight excluding hydrogens is 548 g/mol. The first-order valence-electron chi connectivity index (χ1n) is 14.6. The number of amides is 3. The topological polar surface area (TPSA) is 126 Å². The Balaban J connectivity index is 1.59. The predicted octanol–water partition coefficient (Wildman–Crippen LogP) is 4.95. The lowest BCUT2D eigenvalue weighted by molar-refractivity contribution is -0.0644. The molecule has 1 aromatic carbocycles. The van der Waals surface area contributed by atoms with Crippen LogP contribution in [0.15, 0.2) is 46.7 Å². The highest BCUT2D eigenvalue weighted by molar-refractivity contribution is 5.99. The van der Waals surface area contributed by atoms with Gasteiger partial charge in [-0.3, -0.25) is 4.68 Å². The van der Waals surface area contributed by atoms with Crippen LogP contribution in [0.25, 0.3) is 5.70 Å². The van der Waals surface area contributed by atoms with Gasteiger partial charge in [-0.05, 0) is 71.9 Å². The molecule has 3 amide bonds. The maximum Gasteiger partial charge on any atom is 0.410 e. The molecule has 12 nitrogen and oxygen atoms in total. The number of carbonyl (C=O) groups is 2. The van der Waals surface area contributed by atoms with Gasteiger partial charge in [-0.2, -0.15) is 5.10 Å². The van der Waals surface area contributed by atoms with Crippen LogP contribution in [0, 0.1) is 0 Å². The summed E-state index contributed by atoms with van der Waals surface area (Å²) in [7, 11) is 1.83. The molecule has 12 heteroatoms. The monoisotopic (exact) mass is 592 g/mol. The zero-order valence-electron chi connectivity index (χ0n) is 26.3. The summed E-state index contributed by atoms with van der Waals surface area (Å²) in [6.45, 7) is 17.0. The number of likely N-dealkylation sites (tertiary alicyclic amines) is 1. The number of allylic oxidation sites excluding steroid dienone is 1. The van der Waals surface area contributed by atoms with E-state index < -0.39 is 11.7 Å². The summed E-state index contributed by atoms with van der Waals surface area (Å²) in [4.78, 5) is 38.5. The van der Waals surface area contributed by atoms with Crippen molar-refractivity contribution in [2.75, 3.05) is 25.0 Å². The Hall–Kier alpha value is -4.19. The lowest BCUT2D eigenvalue weighted by Crippen LogP contribution is -2.58. The summed E-state index contributed by atoms with van der Waals surface area (Å²) in [5, 5.41) is 10.5. The van der Waals surface area contributed by atoms with E-state index in [0.717, 1.165) is 22.4 Å². The average Bonchev–Trinajstić information content (AvgIpc) is 3.23. The summed E-state index contributed by atoms with van der Waals surface area (Å²) in [6, 6.07) is 5.56. The van der Waals surface area contributed by atoms with Gasteiger partial charge in [0.2, 0.25) is 5.96 Å². The number of nitrogens with one attached hydrogen (secondary N) is 2. The Morgan fingerprint density at radius 2 is 1.95 bits per heavy atom. The second-order valence-electron chi connectivity index (χ2n) is 12.1. The van der Waals surface area contributed by atoms with Gasteiger partial charge in [0.15, 0.2) is 0 Å². The van der Waals surface area contributed by atoms with Crippen LogP contribution in [0.2, 0.25) is 0 Å². The quantitative estimate of drug-likeness (QED) is 0.361. The molecular formula is C31H44N8O4. The summed E-state index contributed by atoms with van der Waals surface area (Å²) in [6.07, 6.45) is 5.71. The summed E-state index contributed by atoms with van der Waals surface area (Å²) >= 11 is 0. The van der Waals surface area contributed by atoms with Crippen LogP contribution in [0.3, 0.4) is 0 Å². The van der Waals surface area contributed by atoms with Crippen molar-refractivity contribution in [3.05, 3.63) is 53.4 Å². The number of aliphatic imine (C=N–C) groups is 2. The normalized spacial score (nSPS) is 18.1. The number of ether oxygens (including phenoxy) is 2. The first-order valence-corrected chi connectivity index (χ1v) is 14.6. The Labute approximate surface area is 253 Å². The van der Waals surface area contributed by atoms with Gasteiger partial charge in [0.25, 0.3) is 0 Å². The maximum absolute atomic E-state index is 13.2. The van der Waals surface area contributed by atoms with Gasteiger partial charge in [0, 0.05) is 31.9 Å². The van der Waals surface area contributed by atoms with E-state index in [1.165, 1.54) is 0 Å². The smallest absolute Gasteiger partial charge is 0.410 e. The molecule has 3 heterocycles. The molecule has 0 saturated carbocycles. The number of urea groups is 1. The third-order valence-electron chi connectivity index (χ3n) is 7.02. The van der Waals surface area contributed by atoms with Crippen LogP contribution >= 0.6 is 0 Å². The molecule has 1 fully saturated rings. The maximum atomic E-state index is 13.2. The molecule has 0 radical (unpaired) electrons. The van der Waals surface area contributed by atoms with E-state index in [2.05, 4.69) is 27.4 Å². The third kappa shape index (κ3) is 8.44. The number of benzene rings is 1. The standard InChI is InChI=1S/C31H44N8O4/c1-9-26(35-28(32-7)34-23-15-33-37(8)17-23)21-10-11-25-22(14-21)16-38(30(41)43-31(4,5)6)13-12-27(25)36-29(40)39-18-24(19-39)42-20(2)3/h9-11,14-15,17,20,24,27H,7,12-13,16,18-19H2,1-6,8H3,(H,34,35)(H,36,40)/b26-9-. The van der Waals surface area contributed by atoms with E-state index in [-0.39, 0.29) is 24.3 Å². The number of carbonyl (C=O) groups excluding carboxylic acids is 2. The summed E-state index contributed by atoms with van der Waals surface area (Å²) in [5.74, 6) is 0.325. The van der Waals surface area contributed by atoms with Crippen molar-refractivity contribution in [3.63, 3.8) is 0 Å². The van der Waals surface area contributed by atoms with Crippen molar-refractivity contribution >= 4 is 36.2 Å². The van der Waals surface area contributed by atoms with Crippen molar-refractivity contribution in [2.24, 2.45) is 17.0 Å². The number of aromatic nitrogens is 2. The minimum Gasteiger partial charge on any atom is -0.444 e. The van der Waals surface area contributed by atoms with Crippen LogP contribution in [0.5, 0.6) is 0 Å². The van der Waals surface area contributed by atoms with Gasteiger partial charge in [-0.15, -0.1) is 0 Å². The van der Waals surface area contributed by atoms with Crippen molar-refractivity contribution in [1.82, 2.24) is 24.9 Å². The molecule has 1 saturated heterocycles. The zero-order valence-corrected chi connectivity index (χ0v) is 26.3. The molecule has 232 valence electrons. The highest BCUT2D eigenvalue weighted by atomic mass is 16.6. The molecule has 2 aromatic rings. The van der Waals surface area contributed by atoms with E-state index >= 15 is 0 Å². The van der Waals surface area contributed by atoms with Crippen LogP contribution < -0.4 is 10.6 Å². The second-order valence-corrected chi connectivity index (χ2v) is 12.1. The van der Waals surface area contributed by atoms with Crippen molar-refractivity contribution in [2.45, 2.75) is 78.4 Å². The van der Waals surface area contributed by atoms with E-state index in [1.54, 1.807) is 20.7 Å². The molecule has 0 spiro atoms. The van der Waals surface area contributed by atoms with E-state index in [1.807, 2.05) is 79.1 Å². The Bertz CT molecular complexity index is 1380. The fraction of sp³-hybridized carbons (Fsp3) is 0.516. The number of hydrogen-bond donors (Lipinski definition) is 2. The van der Waals surface area contributed by atoms with Gasteiger partial charge in [-0.1, -0.05) is 18.2 Å². The van der Waals surface area contributed by atoms with Crippen LogP contribution in [0.1, 0.15) is 70.7 Å². The van der Waals surface area contributed by atoms with Crippen molar-refractivity contribution < 1.29 is 19.1 Å². The largest absolute Gasteiger partial charge is 0.444 e. The van der Waals surface area contributed by atoms with Gasteiger partial charge in [0.05, 0.1) is 48.9 Å². The van der Waals surface area contributed by atoms with Crippen molar-refractivity contribution in [3.8, 4) is 0 Å². The van der Waals surface area contributed by atoms with Crippen LogP contribution in [-0.4, -0.2) is 81.8 Å². The summed E-state index contributed by atoms with van der Waals surface area (Å²) in [5.41, 5.74) is 3.47. The van der Waals surface area contributed by atoms with Crippen molar-refractivity contribution in [1.29, 1.82) is 0 Å². The number of aryl methyl sites for hydroxylation is 1. The van der Waals surface area contributed by atoms with Crippen LogP contribution in [-0.2, 0) is 23.1 Å². The van der Waals surface area contributed by atoms with E-state index in [4.69, 9.17) is 14.5 Å². The Morgan fingerprint density at radius 3 is 2.56 bits per heavy atom. The molecule has 43 heavy (non-hydrogen) atoms. The van der Waals surface area contributed by atoms with Crippen LogP contribution in [0.4, 0.5) is 15.3 Å². The fourth-order valence-electron chi connectivity index (χ4n) is 5.04. The summed E-state index contributed by atoms with van der Waals surface area (Å²) < 4.78 is 13.2. The fourth-order valence-corrected chi connectivity index (χ4v) is 5.04. The molecule has 2 aliphatic heterocycles. The highest BCUT2D eigenvalue weighted by Crippen LogP contribution is 2.31. The molecule has 0 bridgehead atoms. The van der Waals surface area contributed by atoms with E-state index in [0.29, 0.717) is 44.3 Å². The number of rotatable bonds is 6. The molecule has 2 aliphatic rings. The number of guanidine groups is 1. The highest BCUT2D eigenvalue weighted by Gasteiger charge is 2.35. The number of nitrogens with zero attached hydrogens (tertiary/aromatic N) is 6. The zero-order chi connectivity index (χ0) is 31.3. The molecule has 1 aromatic heterocycles. The van der Waals surface area contributed by atoms with E-state index in [9.17, 15) is 9.59 Å². The minimum absolute atomic E-state index is 0.0554. The van der Waals surface area contributed by atoms with Gasteiger partial charge < -0.3 is 29.9 Å². The lowest BCUT2D eigenvalue weighted by Gasteiger charge is -2.40. The number of hydrogen-bond acceptors (Lipinski definition) is 6. The van der Waals surface area contributed by atoms with Gasteiger partial charge in [-0.25, -0.2) is 19.6 Å². The molecule has 1 unspecified atom stereocenters. The minimum atomic E-state index is -0.629. The second kappa shape index (κ2) is 13.4. The SMILES string of the molecule is C=NC(=N/C(=C\C)c1ccc2c(c1)CN(C(=O)OC(C)(C)C)CCC2NC(=O)N1CC(OC(C)C)C1)Nc1cnn(C)c1. The Morgan fingerprint density at radius 1 is 1.21 bits per heavy atom. The predicted molar refractivity (Wildman–Crippen MR) is 168 cm³/mol. The molecule has 4 rings (SSSR count). The molecule has 2 N–H and O–H groups in total. The lowest BCUT2D eigenvalue weighted by atomic mass is 9.96. The van der Waals surface area contributed by atoms with Gasteiger partial charge in [0.1, 0.15) is 5.60 Å². The average molecular weight is 593 g/mol. The first-order chi connectivity index (χ1) is 20.3. The molecule has 1 atom stereocenters. The third-order valence-corrected chi connectivity index (χ3v) is 7.02. The first kappa shape index (κ1) is 31.7. The number of anilines is 1.